The molecule has 27 heavy (non-hydrogen) atoms. The Bertz CT molecular complexity index is 889. The number of rotatable bonds is 5. The minimum Gasteiger partial charge on any atom is -0.274 e. The van der Waals surface area contributed by atoms with Crippen molar-refractivity contribution in [2.24, 2.45) is 0 Å². The van der Waals surface area contributed by atoms with Gasteiger partial charge in [0.2, 0.25) is 11.8 Å². The molecule has 1 saturated heterocycles. The Morgan fingerprint density at radius 3 is 1.74 bits per heavy atom. The zero-order valence-corrected chi connectivity index (χ0v) is 15.5. The van der Waals surface area contributed by atoms with Gasteiger partial charge in [0.05, 0.1) is 11.3 Å². The molecule has 3 aromatic rings. The second-order valence-corrected chi connectivity index (χ2v) is 7.73. The maximum atomic E-state index is 13.2. The van der Waals surface area contributed by atoms with Crippen LogP contribution in [0.2, 0.25) is 0 Å². The summed E-state index contributed by atoms with van der Waals surface area (Å²) < 4.78 is 0. The maximum absolute atomic E-state index is 13.2. The van der Waals surface area contributed by atoms with Crippen molar-refractivity contribution in [1.29, 1.82) is 0 Å². The van der Waals surface area contributed by atoms with E-state index in [-0.39, 0.29) is 23.5 Å². The van der Waals surface area contributed by atoms with Crippen LogP contribution in [0, 0.1) is 0 Å². The third kappa shape index (κ3) is 3.67. The maximum Gasteiger partial charge on any atom is 0.244 e. The molecule has 2 amide bonds. The molecular formula is C23H19NO2S. The first kappa shape index (κ1) is 17.6. The molecule has 4 heteroatoms. The number of imide groups is 1. The first-order valence-electron chi connectivity index (χ1n) is 8.91. The van der Waals surface area contributed by atoms with E-state index < -0.39 is 6.04 Å². The largest absolute Gasteiger partial charge is 0.274 e. The number of likely N-dealkylation sites (tertiary alicyclic amines) is 1. The molecule has 0 spiro atoms. The summed E-state index contributed by atoms with van der Waals surface area (Å²) >= 11 is 1.46. The van der Waals surface area contributed by atoms with Crippen LogP contribution in [-0.2, 0) is 9.59 Å². The molecule has 1 atom stereocenters. The minimum absolute atomic E-state index is 0.119. The first-order valence-corrected chi connectivity index (χ1v) is 9.79. The molecule has 0 aliphatic carbocycles. The summed E-state index contributed by atoms with van der Waals surface area (Å²) in [5, 5.41) is -0.380. The Morgan fingerprint density at radius 2 is 1.22 bits per heavy atom. The third-order valence-corrected chi connectivity index (χ3v) is 5.85. The van der Waals surface area contributed by atoms with Gasteiger partial charge in [0, 0.05) is 11.3 Å². The number of carbonyl (C=O) groups is 2. The van der Waals surface area contributed by atoms with Crippen molar-refractivity contribution >= 4 is 23.6 Å². The van der Waals surface area contributed by atoms with Crippen LogP contribution in [-0.4, -0.2) is 22.0 Å². The fourth-order valence-electron chi connectivity index (χ4n) is 3.41. The Balaban J connectivity index is 1.68. The molecule has 3 nitrogen and oxygen atoms in total. The van der Waals surface area contributed by atoms with E-state index in [4.69, 9.17) is 0 Å². The monoisotopic (exact) mass is 373 g/mol. The quantitative estimate of drug-likeness (QED) is 0.609. The van der Waals surface area contributed by atoms with Crippen LogP contribution < -0.4 is 0 Å². The molecule has 0 bridgehead atoms. The lowest BCUT2D eigenvalue weighted by Gasteiger charge is -2.27. The van der Waals surface area contributed by atoms with Gasteiger partial charge < -0.3 is 0 Å². The molecule has 1 heterocycles. The van der Waals surface area contributed by atoms with Crippen molar-refractivity contribution in [3.05, 3.63) is 102 Å². The molecule has 0 N–H and O–H groups in total. The molecule has 1 unspecified atom stereocenters. The molecule has 0 radical (unpaired) electrons. The van der Waals surface area contributed by atoms with Gasteiger partial charge in [-0.3, -0.25) is 14.5 Å². The number of hydrogen-bond acceptors (Lipinski definition) is 3. The minimum atomic E-state index is -0.395. The molecule has 0 saturated carbocycles. The van der Waals surface area contributed by atoms with Gasteiger partial charge in [0.1, 0.15) is 0 Å². The normalized spacial score (nSPS) is 16.9. The fourth-order valence-corrected chi connectivity index (χ4v) is 4.49. The van der Waals surface area contributed by atoms with Crippen LogP contribution in [0.25, 0.3) is 0 Å². The van der Waals surface area contributed by atoms with Gasteiger partial charge in [0.25, 0.3) is 0 Å². The lowest BCUT2D eigenvalue weighted by atomic mass is 9.97. The second kappa shape index (κ2) is 7.80. The summed E-state index contributed by atoms with van der Waals surface area (Å²) in [7, 11) is 0. The molecule has 134 valence electrons. The van der Waals surface area contributed by atoms with Crippen molar-refractivity contribution in [2.45, 2.75) is 22.6 Å². The van der Waals surface area contributed by atoms with Crippen molar-refractivity contribution in [2.75, 3.05) is 0 Å². The highest BCUT2D eigenvalue weighted by Crippen LogP contribution is 2.38. The zero-order valence-electron chi connectivity index (χ0n) is 14.7. The van der Waals surface area contributed by atoms with E-state index in [1.54, 1.807) is 0 Å². The topological polar surface area (TPSA) is 37.4 Å². The fraction of sp³-hybridized carbons (Fsp3) is 0.130. The van der Waals surface area contributed by atoms with Crippen LogP contribution in [0.1, 0.15) is 23.6 Å². The van der Waals surface area contributed by atoms with Crippen LogP contribution in [0.3, 0.4) is 0 Å². The van der Waals surface area contributed by atoms with Gasteiger partial charge >= 0.3 is 0 Å². The number of thioether (sulfide) groups is 1. The van der Waals surface area contributed by atoms with Crippen LogP contribution in [0.15, 0.2) is 95.9 Å². The van der Waals surface area contributed by atoms with E-state index in [9.17, 15) is 9.59 Å². The summed E-state index contributed by atoms with van der Waals surface area (Å²) in [4.78, 5) is 28.5. The van der Waals surface area contributed by atoms with Crippen LogP contribution in [0.5, 0.6) is 0 Å². The first-order chi connectivity index (χ1) is 13.2. The summed E-state index contributed by atoms with van der Waals surface area (Å²) in [6, 6.07) is 28.9. The van der Waals surface area contributed by atoms with Gasteiger partial charge in [-0.1, -0.05) is 78.9 Å². The van der Waals surface area contributed by atoms with Gasteiger partial charge in [-0.2, -0.15) is 0 Å². The van der Waals surface area contributed by atoms with Crippen LogP contribution >= 0.6 is 11.8 Å². The number of benzene rings is 3. The zero-order chi connectivity index (χ0) is 18.6. The number of hydrogen-bond donors (Lipinski definition) is 0. The van der Waals surface area contributed by atoms with Gasteiger partial charge in [-0.25, -0.2) is 0 Å². The number of amides is 2. The van der Waals surface area contributed by atoms with Crippen molar-refractivity contribution in [3.63, 3.8) is 0 Å². The molecule has 1 aliphatic heterocycles. The van der Waals surface area contributed by atoms with Crippen molar-refractivity contribution in [1.82, 2.24) is 4.90 Å². The van der Waals surface area contributed by atoms with Gasteiger partial charge in [-0.05, 0) is 23.3 Å². The summed E-state index contributed by atoms with van der Waals surface area (Å²) in [6.07, 6.45) is 0.231. The summed E-state index contributed by atoms with van der Waals surface area (Å²) in [6.45, 7) is 0. The van der Waals surface area contributed by atoms with E-state index in [1.165, 1.54) is 16.7 Å². The van der Waals surface area contributed by atoms with E-state index in [0.717, 1.165) is 16.0 Å². The highest BCUT2D eigenvalue weighted by Gasteiger charge is 2.43. The lowest BCUT2D eigenvalue weighted by Crippen LogP contribution is -2.36. The molecule has 3 aromatic carbocycles. The average molecular weight is 373 g/mol. The number of carbonyl (C=O) groups excluding carboxylic acids is 2. The SMILES string of the molecule is O=C1CC(Sc2ccccc2)C(=O)N1C(c1ccccc1)c1ccccc1. The third-order valence-electron chi connectivity index (χ3n) is 4.65. The predicted molar refractivity (Wildman–Crippen MR) is 107 cm³/mol. The molecule has 0 aromatic heterocycles. The molecule has 1 fully saturated rings. The van der Waals surface area contributed by atoms with Gasteiger partial charge in [-0.15, -0.1) is 11.8 Å². The molecule has 4 rings (SSSR count). The Kier molecular flexibility index (Phi) is 5.07. The van der Waals surface area contributed by atoms with E-state index >= 15 is 0 Å². The lowest BCUT2D eigenvalue weighted by molar-refractivity contribution is -0.140. The standard InChI is InChI=1S/C23H19NO2S/c25-21-16-20(27-19-14-8-3-9-15-19)23(26)24(21)22(17-10-4-1-5-11-17)18-12-6-2-7-13-18/h1-15,20,22H,16H2. The van der Waals surface area contributed by atoms with Crippen molar-refractivity contribution < 1.29 is 9.59 Å². The number of nitrogens with zero attached hydrogens (tertiary/aromatic N) is 1. The second-order valence-electron chi connectivity index (χ2n) is 6.45. The van der Waals surface area contributed by atoms with E-state index in [2.05, 4.69) is 0 Å². The summed E-state index contributed by atoms with van der Waals surface area (Å²) in [5.74, 6) is -0.238. The van der Waals surface area contributed by atoms with E-state index in [0.29, 0.717) is 0 Å². The Morgan fingerprint density at radius 1 is 0.741 bits per heavy atom. The van der Waals surface area contributed by atoms with Crippen molar-refractivity contribution in [3.8, 4) is 0 Å². The smallest absolute Gasteiger partial charge is 0.244 e. The Hall–Kier alpha value is -2.85. The highest BCUT2D eigenvalue weighted by atomic mass is 32.2. The molecular weight excluding hydrogens is 354 g/mol. The molecule has 1 aliphatic rings. The van der Waals surface area contributed by atoms with E-state index in [1.807, 2.05) is 91.0 Å². The highest BCUT2D eigenvalue weighted by molar-refractivity contribution is 8.00. The summed E-state index contributed by atoms with van der Waals surface area (Å²) in [5.41, 5.74) is 1.88. The predicted octanol–water partition coefficient (Wildman–Crippen LogP) is 4.70. The van der Waals surface area contributed by atoms with Crippen LogP contribution in [0.4, 0.5) is 0 Å². The Labute approximate surface area is 163 Å². The average Bonchev–Trinajstić information content (AvgIpc) is 2.98. The van der Waals surface area contributed by atoms with Gasteiger partial charge in [0.15, 0.2) is 0 Å².